The molecule has 1 aromatic heterocycles. The summed E-state index contributed by atoms with van der Waals surface area (Å²) in [7, 11) is 0. The fraction of sp³-hybridized carbons (Fsp3) is 0.154. The Hall–Kier alpha value is -2.48. The van der Waals surface area contributed by atoms with Gasteiger partial charge in [-0.05, 0) is 36.9 Å². The van der Waals surface area contributed by atoms with E-state index in [4.69, 9.17) is 21.9 Å². The number of esters is 1. The monoisotopic (exact) mass is 305 g/mol. The third-order valence-corrected chi connectivity index (χ3v) is 3.39. The van der Waals surface area contributed by atoms with Gasteiger partial charge < -0.3 is 21.9 Å². The molecular weight excluding hydrogens is 290 g/mol. The van der Waals surface area contributed by atoms with Crippen molar-refractivity contribution in [3.8, 4) is 0 Å². The van der Waals surface area contributed by atoms with Crippen molar-refractivity contribution in [2.45, 2.75) is 17.0 Å². The third kappa shape index (κ3) is 3.76. The molecule has 0 aliphatic carbocycles. The van der Waals surface area contributed by atoms with E-state index in [1.807, 2.05) is 0 Å². The standard InChI is InChI=1S/C13H15N5O2S/c1-2-20-12(19)8-5-7(14)3-4-9(8)21-13-17-10(15)6-11(16)18-13/h3-6H,2,14H2,1H3,(H4,15,16,17,18). The number of carbonyl (C=O) groups excluding carboxylic acids is 1. The molecule has 110 valence electrons. The lowest BCUT2D eigenvalue weighted by Crippen LogP contribution is -2.07. The maximum absolute atomic E-state index is 12.0. The van der Waals surface area contributed by atoms with Crippen LogP contribution in [-0.2, 0) is 4.74 Å². The minimum absolute atomic E-state index is 0.262. The van der Waals surface area contributed by atoms with Crippen molar-refractivity contribution in [3.05, 3.63) is 29.8 Å². The molecule has 1 heterocycles. The number of hydrogen-bond acceptors (Lipinski definition) is 8. The lowest BCUT2D eigenvalue weighted by atomic mass is 10.2. The zero-order chi connectivity index (χ0) is 15.4. The Morgan fingerprint density at radius 2 is 1.86 bits per heavy atom. The minimum Gasteiger partial charge on any atom is -0.462 e. The molecule has 0 amide bonds. The molecule has 0 bridgehead atoms. The molecule has 0 spiro atoms. The summed E-state index contributed by atoms with van der Waals surface area (Å²) in [4.78, 5) is 20.7. The van der Waals surface area contributed by atoms with Crippen molar-refractivity contribution in [2.24, 2.45) is 0 Å². The van der Waals surface area contributed by atoms with Gasteiger partial charge in [-0.25, -0.2) is 14.8 Å². The zero-order valence-corrected chi connectivity index (χ0v) is 12.2. The first-order valence-electron chi connectivity index (χ1n) is 6.14. The normalized spacial score (nSPS) is 10.3. The van der Waals surface area contributed by atoms with Gasteiger partial charge in [-0.3, -0.25) is 0 Å². The molecule has 0 saturated carbocycles. The Morgan fingerprint density at radius 1 is 1.19 bits per heavy atom. The predicted molar refractivity (Wildman–Crippen MR) is 81.8 cm³/mol. The highest BCUT2D eigenvalue weighted by Gasteiger charge is 2.15. The highest BCUT2D eigenvalue weighted by Crippen LogP contribution is 2.30. The topological polar surface area (TPSA) is 130 Å². The first-order valence-corrected chi connectivity index (χ1v) is 6.95. The van der Waals surface area contributed by atoms with Crippen molar-refractivity contribution < 1.29 is 9.53 Å². The van der Waals surface area contributed by atoms with Crippen LogP contribution in [0.4, 0.5) is 17.3 Å². The summed E-state index contributed by atoms with van der Waals surface area (Å²) >= 11 is 1.17. The van der Waals surface area contributed by atoms with Crippen LogP contribution < -0.4 is 17.2 Å². The Balaban J connectivity index is 2.37. The molecule has 7 nitrogen and oxygen atoms in total. The van der Waals surface area contributed by atoms with Crippen LogP contribution in [-0.4, -0.2) is 22.5 Å². The second-order valence-electron chi connectivity index (χ2n) is 4.08. The van der Waals surface area contributed by atoms with Gasteiger partial charge in [0.15, 0.2) is 5.16 Å². The number of aromatic nitrogens is 2. The number of carbonyl (C=O) groups is 1. The molecule has 0 aliphatic rings. The van der Waals surface area contributed by atoms with E-state index in [0.717, 1.165) is 0 Å². The molecule has 0 fully saturated rings. The molecule has 1 aromatic carbocycles. The van der Waals surface area contributed by atoms with Gasteiger partial charge in [-0.2, -0.15) is 0 Å². The molecule has 8 heteroatoms. The van der Waals surface area contributed by atoms with Crippen LogP contribution in [0.2, 0.25) is 0 Å². The molecule has 0 aliphatic heterocycles. The van der Waals surface area contributed by atoms with Crippen LogP contribution in [0.25, 0.3) is 0 Å². The van der Waals surface area contributed by atoms with Gasteiger partial charge in [-0.15, -0.1) is 0 Å². The number of anilines is 3. The maximum atomic E-state index is 12.0. The van der Waals surface area contributed by atoms with Crippen LogP contribution in [0, 0.1) is 0 Å². The van der Waals surface area contributed by atoms with Gasteiger partial charge in [0.1, 0.15) is 11.6 Å². The van der Waals surface area contributed by atoms with Crippen molar-refractivity contribution in [2.75, 3.05) is 23.8 Å². The number of nitrogens with zero attached hydrogens (tertiary/aromatic N) is 2. The van der Waals surface area contributed by atoms with Crippen molar-refractivity contribution in [1.82, 2.24) is 9.97 Å². The van der Waals surface area contributed by atoms with Crippen molar-refractivity contribution >= 4 is 35.1 Å². The molecule has 2 aromatic rings. The Kier molecular flexibility index (Phi) is 4.49. The number of ether oxygens (including phenoxy) is 1. The van der Waals surface area contributed by atoms with Gasteiger partial charge in [0.25, 0.3) is 0 Å². The van der Waals surface area contributed by atoms with E-state index in [-0.39, 0.29) is 18.2 Å². The van der Waals surface area contributed by atoms with E-state index in [9.17, 15) is 4.79 Å². The van der Waals surface area contributed by atoms with Crippen LogP contribution >= 0.6 is 11.8 Å². The quantitative estimate of drug-likeness (QED) is 0.440. The van der Waals surface area contributed by atoms with Crippen molar-refractivity contribution in [1.29, 1.82) is 0 Å². The first kappa shape index (κ1) is 14.9. The summed E-state index contributed by atoms with van der Waals surface area (Å²) in [5, 5.41) is 0.350. The van der Waals surface area contributed by atoms with E-state index < -0.39 is 5.97 Å². The second-order valence-corrected chi connectivity index (χ2v) is 5.09. The predicted octanol–water partition coefficient (Wildman–Crippen LogP) is 1.55. The second kappa shape index (κ2) is 6.31. The minimum atomic E-state index is -0.454. The first-order chi connectivity index (χ1) is 9.99. The van der Waals surface area contributed by atoms with Crippen LogP contribution in [0.3, 0.4) is 0 Å². The third-order valence-electron chi connectivity index (χ3n) is 2.45. The van der Waals surface area contributed by atoms with E-state index in [2.05, 4.69) is 9.97 Å². The Labute approximate surface area is 125 Å². The Morgan fingerprint density at radius 3 is 2.48 bits per heavy atom. The van der Waals surface area contributed by atoms with Crippen LogP contribution in [0.5, 0.6) is 0 Å². The molecule has 0 saturated heterocycles. The lowest BCUT2D eigenvalue weighted by molar-refractivity contribution is 0.0522. The number of nitrogen functional groups attached to an aromatic ring is 3. The molecule has 0 radical (unpaired) electrons. The average Bonchev–Trinajstić information content (AvgIpc) is 2.40. The van der Waals surface area contributed by atoms with E-state index in [1.54, 1.807) is 25.1 Å². The van der Waals surface area contributed by atoms with Gasteiger partial charge in [0, 0.05) is 16.6 Å². The van der Waals surface area contributed by atoms with Gasteiger partial charge in [-0.1, -0.05) is 0 Å². The number of nitrogens with two attached hydrogens (primary N) is 3. The summed E-state index contributed by atoms with van der Waals surface area (Å²) in [5.74, 6) is 0.0698. The summed E-state index contributed by atoms with van der Waals surface area (Å²) in [5.41, 5.74) is 17.8. The number of hydrogen-bond donors (Lipinski definition) is 3. The fourth-order valence-corrected chi connectivity index (χ4v) is 2.50. The van der Waals surface area contributed by atoms with Crippen LogP contribution in [0.1, 0.15) is 17.3 Å². The molecule has 21 heavy (non-hydrogen) atoms. The summed E-state index contributed by atoms with van der Waals surface area (Å²) in [6.45, 7) is 2.01. The van der Waals surface area contributed by atoms with E-state index in [0.29, 0.717) is 21.3 Å². The van der Waals surface area contributed by atoms with Gasteiger partial charge >= 0.3 is 5.97 Å². The van der Waals surface area contributed by atoms with Gasteiger partial charge in [0.2, 0.25) is 0 Å². The van der Waals surface area contributed by atoms with Gasteiger partial charge in [0.05, 0.1) is 12.2 Å². The zero-order valence-electron chi connectivity index (χ0n) is 11.4. The summed E-state index contributed by atoms with van der Waals surface area (Å²) in [6.07, 6.45) is 0. The number of benzene rings is 1. The summed E-state index contributed by atoms with van der Waals surface area (Å²) in [6, 6.07) is 6.39. The average molecular weight is 305 g/mol. The smallest absolute Gasteiger partial charge is 0.339 e. The SMILES string of the molecule is CCOC(=O)c1cc(N)ccc1Sc1nc(N)cc(N)n1. The largest absolute Gasteiger partial charge is 0.462 e. The molecule has 6 N–H and O–H groups in total. The lowest BCUT2D eigenvalue weighted by Gasteiger charge is -2.09. The Bertz CT molecular complexity index is 657. The maximum Gasteiger partial charge on any atom is 0.339 e. The summed E-state index contributed by atoms with van der Waals surface area (Å²) < 4.78 is 5.01. The molecule has 0 atom stereocenters. The van der Waals surface area contributed by atoms with Crippen molar-refractivity contribution in [3.63, 3.8) is 0 Å². The highest BCUT2D eigenvalue weighted by molar-refractivity contribution is 7.99. The molecule has 2 rings (SSSR count). The molecular formula is C13H15N5O2S. The van der Waals surface area contributed by atoms with Crippen LogP contribution in [0.15, 0.2) is 34.3 Å². The highest BCUT2D eigenvalue weighted by atomic mass is 32.2. The number of rotatable bonds is 4. The van der Waals surface area contributed by atoms with E-state index >= 15 is 0 Å². The van der Waals surface area contributed by atoms with E-state index in [1.165, 1.54) is 17.8 Å². The molecule has 0 unspecified atom stereocenters. The fourth-order valence-electron chi connectivity index (χ4n) is 1.61.